The van der Waals surface area contributed by atoms with Crippen molar-refractivity contribution in [2.45, 2.75) is 18.9 Å². The Morgan fingerprint density at radius 3 is 2.32 bits per heavy atom. The van der Waals surface area contributed by atoms with E-state index >= 15 is 0 Å². The van der Waals surface area contributed by atoms with E-state index in [4.69, 9.17) is 4.74 Å². The zero-order valence-electron chi connectivity index (χ0n) is 10.4. The number of alkyl halides is 3. The van der Waals surface area contributed by atoms with Gasteiger partial charge >= 0.3 is 6.36 Å². The molecule has 0 aromatic heterocycles. The number of halogens is 3. The van der Waals surface area contributed by atoms with Crippen molar-refractivity contribution in [1.82, 2.24) is 4.90 Å². The quantitative estimate of drug-likeness (QED) is 0.844. The largest absolute Gasteiger partial charge is 0.573 e. The maximum Gasteiger partial charge on any atom is 0.573 e. The SMILES string of the molecule is CN1C=CC(Oc2ccc(OC(F)(F)F)cc2)CC1. The van der Waals surface area contributed by atoms with Gasteiger partial charge in [0.1, 0.15) is 17.6 Å². The highest BCUT2D eigenvalue weighted by Crippen LogP contribution is 2.25. The molecule has 0 N–H and O–H groups in total. The first-order valence-electron chi connectivity index (χ1n) is 5.83. The Morgan fingerprint density at radius 2 is 1.79 bits per heavy atom. The van der Waals surface area contributed by atoms with Crippen LogP contribution in [0.3, 0.4) is 0 Å². The van der Waals surface area contributed by atoms with E-state index in [1.165, 1.54) is 24.3 Å². The van der Waals surface area contributed by atoms with Crippen LogP contribution in [0.15, 0.2) is 36.5 Å². The zero-order chi connectivity index (χ0) is 13.9. The van der Waals surface area contributed by atoms with Gasteiger partial charge in [0.15, 0.2) is 0 Å². The molecule has 1 aromatic carbocycles. The van der Waals surface area contributed by atoms with Crippen LogP contribution in [0.2, 0.25) is 0 Å². The third kappa shape index (κ3) is 4.39. The molecule has 1 unspecified atom stereocenters. The predicted octanol–water partition coefficient (Wildman–Crippen LogP) is 3.18. The van der Waals surface area contributed by atoms with Gasteiger partial charge in [-0.05, 0) is 36.5 Å². The van der Waals surface area contributed by atoms with Gasteiger partial charge in [-0.25, -0.2) is 0 Å². The predicted molar refractivity (Wildman–Crippen MR) is 63.9 cm³/mol. The van der Waals surface area contributed by atoms with Crippen molar-refractivity contribution >= 4 is 0 Å². The van der Waals surface area contributed by atoms with Crippen LogP contribution in [0.4, 0.5) is 13.2 Å². The first kappa shape index (κ1) is 13.6. The minimum atomic E-state index is -4.67. The monoisotopic (exact) mass is 273 g/mol. The van der Waals surface area contributed by atoms with Crippen LogP contribution >= 0.6 is 0 Å². The highest BCUT2D eigenvalue weighted by molar-refractivity contribution is 5.31. The van der Waals surface area contributed by atoms with E-state index in [1.807, 2.05) is 24.2 Å². The van der Waals surface area contributed by atoms with Crippen molar-refractivity contribution in [2.75, 3.05) is 13.6 Å². The van der Waals surface area contributed by atoms with Crippen LogP contribution in [-0.2, 0) is 0 Å². The van der Waals surface area contributed by atoms with Crippen LogP contribution in [0, 0.1) is 0 Å². The fourth-order valence-corrected chi connectivity index (χ4v) is 1.74. The Hall–Kier alpha value is -1.85. The highest BCUT2D eigenvalue weighted by Gasteiger charge is 2.31. The Kier molecular flexibility index (Phi) is 3.87. The molecular formula is C13H14F3NO2. The van der Waals surface area contributed by atoms with Crippen LogP contribution in [-0.4, -0.2) is 31.0 Å². The first-order chi connectivity index (χ1) is 8.92. The summed E-state index contributed by atoms with van der Waals surface area (Å²) < 4.78 is 45.4. The molecule has 6 heteroatoms. The number of benzene rings is 1. The van der Waals surface area contributed by atoms with Crippen LogP contribution in [0.5, 0.6) is 11.5 Å². The van der Waals surface area contributed by atoms with Crippen LogP contribution in [0.25, 0.3) is 0 Å². The smallest absolute Gasteiger partial charge is 0.486 e. The summed E-state index contributed by atoms with van der Waals surface area (Å²) in [6, 6.07) is 5.41. The molecule has 104 valence electrons. The molecule has 19 heavy (non-hydrogen) atoms. The van der Waals surface area contributed by atoms with Crippen molar-refractivity contribution in [2.24, 2.45) is 0 Å². The molecule has 1 aliphatic heterocycles. The van der Waals surface area contributed by atoms with Gasteiger partial charge in [0.05, 0.1) is 0 Å². The molecule has 0 bridgehead atoms. The summed E-state index contributed by atoms with van der Waals surface area (Å²) in [6.45, 7) is 0.885. The maximum atomic E-state index is 12.0. The molecule has 0 saturated carbocycles. The van der Waals surface area contributed by atoms with E-state index in [0.717, 1.165) is 13.0 Å². The van der Waals surface area contributed by atoms with E-state index in [0.29, 0.717) is 5.75 Å². The highest BCUT2D eigenvalue weighted by atomic mass is 19.4. The van der Waals surface area contributed by atoms with E-state index in [2.05, 4.69) is 4.74 Å². The van der Waals surface area contributed by atoms with Crippen molar-refractivity contribution in [3.63, 3.8) is 0 Å². The maximum absolute atomic E-state index is 12.0. The molecule has 0 saturated heterocycles. The van der Waals surface area contributed by atoms with Gasteiger partial charge in [-0.15, -0.1) is 13.2 Å². The molecular weight excluding hydrogens is 259 g/mol. The number of rotatable bonds is 3. The molecule has 0 fully saturated rings. The molecule has 0 amide bonds. The summed E-state index contributed by atoms with van der Waals surface area (Å²) in [5.74, 6) is 0.271. The lowest BCUT2D eigenvalue weighted by atomic mass is 10.2. The van der Waals surface area contributed by atoms with Gasteiger partial charge in [0.2, 0.25) is 0 Å². The lowest BCUT2D eigenvalue weighted by Crippen LogP contribution is -2.26. The number of hydrogen-bond acceptors (Lipinski definition) is 3. The lowest BCUT2D eigenvalue weighted by Gasteiger charge is -2.24. The molecule has 3 nitrogen and oxygen atoms in total. The van der Waals surface area contributed by atoms with Gasteiger partial charge < -0.3 is 14.4 Å². The normalized spacial score (nSPS) is 19.4. The minimum Gasteiger partial charge on any atom is -0.486 e. The summed E-state index contributed by atoms with van der Waals surface area (Å²) >= 11 is 0. The van der Waals surface area contributed by atoms with Crippen molar-refractivity contribution < 1.29 is 22.6 Å². The van der Waals surface area contributed by atoms with Gasteiger partial charge in [0.25, 0.3) is 0 Å². The second-order valence-corrected chi connectivity index (χ2v) is 4.29. The fraction of sp³-hybridized carbons (Fsp3) is 0.385. The standard InChI is InChI=1S/C13H14F3NO2/c1-17-8-6-11(7-9-17)18-10-2-4-12(5-3-10)19-13(14,15)16/h2-6,8,11H,7,9H2,1H3. The third-order valence-electron chi connectivity index (χ3n) is 2.67. The number of hydrogen-bond donors (Lipinski definition) is 0. The summed E-state index contributed by atoms with van der Waals surface area (Å²) in [5.41, 5.74) is 0. The van der Waals surface area contributed by atoms with E-state index < -0.39 is 6.36 Å². The van der Waals surface area contributed by atoms with Gasteiger partial charge in [-0.3, -0.25) is 0 Å². The minimum absolute atomic E-state index is 0.0504. The second kappa shape index (κ2) is 5.42. The van der Waals surface area contributed by atoms with E-state index in [-0.39, 0.29) is 11.9 Å². The van der Waals surface area contributed by atoms with Gasteiger partial charge in [0, 0.05) is 20.0 Å². The Bertz CT molecular complexity index is 442. The molecule has 1 aromatic rings. The molecule has 1 heterocycles. The third-order valence-corrected chi connectivity index (χ3v) is 2.67. The number of ether oxygens (including phenoxy) is 2. The summed E-state index contributed by atoms with van der Waals surface area (Å²) in [4.78, 5) is 2.04. The average molecular weight is 273 g/mol. The first-order valence-corrected chi connectivity index (χ1v) is 5.83. The zero-order valence-corrected chi connectivity index (χ0v) is 10.4. The Morgan fingerprint density at radius 1 is 1.16 bits per heavy atom. The van der Waals surface area contributed by atoms with Crippen molar-refractivity contribution in [3.05, 3.63) is 36.5 Å². The average Bonchev–Trinajstić information content (AvgIpc) is 2.33. The van der Waals surface area contributed by atoms with Crippen molar-refractivity contribution in [1.29, 1.82) is 0 Å². The topological polar surface area (TPSA) is 21.7 Å². The summed E-state index contributed by atoms with van der Waals surface area (Å²) in [6.07, 6.45) is -0.0307. The van der Waals surface area contributed by atoms with E-state index in [9.17, 15) is 13.2 Å². The molecule has 0 spiro atoms. The molecule has 2 rings (SSSR count). The number of nitrogens with zero attached hydrogens (tertiary/aromatic N) is 1. The molecule has 1 aliphatic rings. The summed E-state index contributed by atoms with van der Waals surface area (Å²) in [5, 5.41) is 0. The molecule has 0 aliphatic carbocycles. The Labute approximate surface area is 109 Å². The van der Waals surface area contributed by atoms with Crippen LogP contribution < -0.4 is 9.47 Å². The van der Waals surface area contributed by atoms with Gasteiger partial charge in [-0.1, -0.05) is 0 Å². The fourth-order valence-electron chi connectivity index (χ4n) is 1.74. The summed E-state index contributed by atoms with van der Waals surface area (Å²) in [7, 11) is 1.97. The van der Waals surface area contributed by atoms with Crippen LogP contribution in [0.1, 0.15) is 6.42 Å². The molecule has 1 atom stereocenters. The Balaban J connectivity index is 1.94. The van der Waals surface area contributed by atoms with Crippen molar-refractivity contribution in [3.8, 4) is 11.5 Å². The molecule has 0 radical (unpaired) electrons. The van der Waals surface area contributed by atoms with Gasteiger partial charge in [-0.2, -0.15) is 0 Å². The lowest BCUT2D eigenvalue weighted by molar-refractivity contribution is -0.274. The van der Waals surface area contributed by atoms with E-state index in [1.54, 1.807) is 0 Å². The second-order valence-electron chi connectivity index (χ2n) is 4.29.